The molecule has 0 spiro atoms. The molecule has 0 aromatic heterocycles. The topological polar surface area (TPSA) is 81.3 Å². The molecule has 4 nitrogen and oxygen atoms in total. The van der Waals surface area contributed by atoms with Gasteiger partial charge in [0.05, 0.1) is 6.07 Å². The van der Waals surface area contributed by atoms with Crippen LogP contribution in [-0.2, 0) is 25.0 Å². The first-order valence-electron chi connectivity index (χ1n) is 2.89. The molecule has 0 aliphatic rings. The number of nitrogens with zero attached hydrogens (tertiary/aromatic N) is 1. The molecule has 0 bridgehead atoms. The Morgan fingerprint density at radius 3 is 1.58 bits per heavy atom. The monoisotopic (exact) mass is 619 g/mol. The van der Waals surface area contributed by atoms with Gasteiger partial charge in [-0.25, -0.2) is 0 Å². The predicted octanol–water partition coefficient (Wildman–Crippen LogP) is 1.10. The first-order chi connectivity index (χ1) is 4.47. The van der Waals surface area contributed by atoms with E-state index in [0.29, 0.717) is 6.42 Å². The smallest absolute Gasteiger partial charge is 0.324 e. The number of hydrogen-bond acceptors (Lipinski definition) is 2. The van der Waals surface area contributed by atoms with Gasteiger partial charge in [-0.3, -0.25) is 4.57 Å². The Hall–Kier alpha value is -0.698. The SMILES string of the molecule is CCC#N.CCP(=O)(O)O.[Re].[Rf]. The number of rotatable bonds is 1. The number of hydrogen-bond donors (Lipinski definition) is 2. The van der Waals surface area contributed by atoms with Crippen LogP contribution in [0.25, 0.3) is 0 Å². The Morgan fingerprint density at radius 2 is 1.58 bits per heavy atom. The van der Waals surface area contributed by atoms with Gasteiger partial charge in [-0.2, -0.15) is 5.26 Å². The van der Waals surface area contributed by atoms with Crippen molar-refractivity contribution < 1.29 is 34.8 Å². The largest absolute Gasteiger partial charge is 0.325 e. The van der Waals surface area contributed by atoms with Gasteiger partial charge in [0.1, 0.15) is 0 Å². The van der Waals surface area contributed by atoms with Gasteiger partial charge in [-0.05, 0) is 0 Å². The van der Waals surface area contributed by atoms with E-state index < -0.39 is 7.60 Å². The van der Waals surface area contributed by atoms with Crippen molar-refractivity contribution in [3.05, 3.63) is 0 Å². The predicted molar refractivity (Wildman–Crippen MR) is 38.5 cm³/mol. The molecule has 2 N–H and O–H groups in total. The van der Waals surface area contributed by atoms with Crippen molar-refractivity contribution in [2.24, 2.45) is 0 Å². The van der Waals surface area contributed by atoms with Crippen LogP contribution in [0.5, 0.6) is 0 Å². The third-order valence-corrected chi connectivity index (χ3v) is 1.39. The standard InChI is InChI=1S/C3H5N.C2H7O3P.Re.Rf/c1-2-3-4;1-2-6(3,4)5;;/h2H2,1H3;2H2,1H3,(H2,3,4,5);;. The zero-order valence-corrected chi connectivity index (χ0v) is 17.2. The van der Waals surface area contributed by atoms with Crippen molar-refractivity contribution in [2.75, 3.05) is 6.16 Å². The minimum absolute atomic E-state index is 0. The molecule has 0 aromatic carbocycles. The molecule has 0 aliphatic heterocycles. The van der Waals surface area contributed by atoms with Crippen LogP contribution in [0.15, 0.2) is 0 Å². The Labute approximate surface area is 80.4 Å². The number of nitriles is 1. The third-order valence-electron chi connectivity index (χ3n) is 0.570. The summed E-state index contributed by atoms with van der Waals surface area (Å²) in [5.41, 5.74) is 0. The molecule has 0 amide bonds. The minimum Gasteiger partial charge on any atom is -0.324 e. The van der Waals surface area contributed by atoms with Crippen LogP contribution in [0.1, 0.15) is 20.3 Å². The van der Waals surface area contributed by atoms with Crippen LogP contribution >= 0.6 is 7.60 Å². The summed E-state index contributed by atoms with van der Waals surface area (Å²) in [6, 6.07) is 1.93. The summed E-state index contributed by atoms with van der Waals surface area (Å²) in [5, 5.41) is 7.62. The van der Waals surface area contributed by atoms with Gasteiger partial charge in [-0.15, -0.1) is 0 Å². The Kier molecular flexibility index (Phi) is 24.2. The van der Waals surface area contributed by atoms with E-state index in [9.17, 15) is 4.57 Å². The van der Waals surface area contributed by atoms with Crippen molar-refractivity contribution in [3.8, 4) is 6.07 Å². The van der Waals surface area contributed by atoms with Crippen LogP contribution in [-0.4, -0.2) is 15.9 Å². The maximum Gasteiger partial charge on any atom is 0.325 e. The average Bonchev–Trinajstić information content (AvgIpc) is 1.87. The van der Waals surface area contributed by atoms with E-state index in [0.717, 1.165) is 0 Å². The summed E-state index contributed by atoms with van der Waals surface area (Å²) >= 11 is 0. The van der Waals surface area contributed by atoms with E-state index in [1.807, 2.05) is 13.0 Å². The van der Waals surface area contributed by atoms with Crippen molar-refractivity contribution in [1.29, 1.82) is 5.26 Å². The van der Waals surface area contributed by atoms with Crippen LogP contribution in [0.3, 0.4) is 0 Å². The summed E-state index contributed by atoms with van der Waals surface area (Å²) in [6.07, 6.45) is 0.562. The normalized spacial score (nSPS) is 7.58. The molecular formula is C5H12NO3PReRf. The molecule has 0 rings (SSSR count). The zero-order valence-electron chi connectivity index (χ0n) is 7.20. The van der Waals surface area contributed by atoms with Gasteiger partial charge in [0.15, 0.2) is 0 Å². The van der Waals surface area contributed by atoms with E-state index in [1.54, 1.807) is 0 Å². The summed E-state index contributed by atoms with van der Waals surface area (Å²) in [5.74, 6) is 0. The van der Waals surface area contributed by atoms with Crippen LogP contribution in [0.2, 0.25) is 0 Å². The first-order valence-corrected chi connectivity index (χ1v) is 4.69. The second-order valence-corrected chi connectivity index (χ2v) is 3.45. The molecule has 0 saturated heterocycles. The summed E-state index contributed by atoms with van der Waals surface area (Å²) in [6.45, 7) is 3.26. The van der Waals surface area contributed by atoms with E-state index in [1.165, 1.54) is 6.92 Å². The van der Waals surface area contributed by atoms with Crippen molar-refractivity contribution in [1.82, 2.24) is 0 Å². The minimum atomic E-state index is -3.65. The maximum atomic E-state index is 9.69. The van der Waals surface area contributed by atoms with Gasteiger partial charge in [-0.1, -0.05) is 13.8 Å². The van der Waals surface area contributed by atoms with Crippen LogP contribution in [0, 0.1) is 11.3 Å². The summed E-state index contributed by atoms with van der Waals surface area (Å²) in [4.78, 5) is 15.9. The Morgan fingerprint density at radius 1 is 1.42 bits per heavy atom. The van der Waals surface area contributed by atoms with Crippen molar-refractivity contribution in [2.45, 2.75) is 20.3 Å². The van der Waals surface area contributed by atoms with E-state index in [4.69, 9.17) is 15.0 Å². The molecular weight excluding hydrogens is 606 g/mol. The quantitative estimate of drug-likeness (QED) is 0.432. The fourth-order valence-electron chi connectivity index (χ4n) is 0. The molecule has 0 aromatic rings. The fraction of sp³-hybridized carbons (Fsp3) is 0.800. The average molecular weight is 618 g/mol. The molecule has 0 heterocycles. The van der Waals surface area contributed by atoms with E-state index >= 15 is 0 Å². The second-order valence-electron chi connectivity index (χ2n) is 1.49. The van der Waals surface area contributed by atoms with Gasteiger partial charge < -0.3 is 9.79 Å². The molecule has 0 unspecified atom stereocenters. The van der Waals surface area contributed by atoms with Gasteiger partial charge in [0, 0.05) is 33.0 Å². The maximum absolute atomic E-state index is 9.69. The van der Waals surface area contributed by atoms with Gasteiger partial charge >= 0.3 is 7.60 Å². The molecule has 0 fully saturated rings. The molecule has 0 atom stereocenters. The third kappa shape index (κ3) is 58.8. The molecule has 12 heavy (non-hydrogen) atoms. The van der Waals surface area contributed by atoms with Gasteiger partial charge in [0.2, 0.25) is 0 Å². The summed E-state index contributed by atoms with van der Waals surface area (Å²) in [7, 11) is -3.65. The second kappa shape index (κ2) is 12.9. The van der Waals surface area contributed by atoms with Crippen LogP contribution < -0.4 is 0 Å². The van der Waals surface area contributed by atoms with Crippen LogP contribution in [0.4, 0.5) is 0 Å². The molecule has 1 radical (unpaired) electrons. The first kappa shape index (κ1) is 22.5. The zero-order chi connectivity index (χ0) is 8.62. The molecule has 7 heteroatoms. The fourth-order valence-corrected chi connectivity index (χ4v) is 0. The molecule has 0 saturated carbocycles. The van der Waals surface area contributed by atoms with Gasteiger partial charge in [0.25, 0.3) is 0 Å². The van der Waals surface area contributed by atoms with Crippen molar-refractivity contribution in [3.63, 3.8) is 0 Å². The molecule has 69 valence electrons. The van der Waals surface area contributed by atoms with E-state index in [2.05, 4.69) is 0 Å². The Balaban J connectivity index is -0.0000000483. The summed E-state index contributed by atoms with van der Waals surface area (Å²) < 4.78 is 9.69. The molecule has 0 aliphatic carbocycles. The Bertz CT molecular complexity index is 155. The van der Waals surface area contributed by atoms with E-state index in [-0.39, 0.29) is 26.6 Å². The van der Waals surface area contributed by atoms with Crippen molar-refractivity contribution >= 4 is 7.60 Å².